The Bertz CT molecular complexity index is 551. The van der Waals surface area contributed by atoms with Gasteiger partial charge in [-0.2, -0.15) is 0 Å². The van der Waals surface area contributed by atoms with Gasteiger partial charge < -0.3 is 19.7 Å². The lowest BCUT2D eigenvalue weighted by Gasteiger charge is -2.37. The number of unbranched alkanes of at least 4 members (excludes halogenated alkanes) is 1. The van der Waals surface area contributed by atoms with Gasteiger partial charge in [-0.05, 0) is 43.9 Å². The highest BCUT2D eigenvalue weighted by Gasteiger charge is 2.34. The predicted octanol–water partition coefficient (Wildman–Crippen LogP) is 3.44. The summed E-state index contributed by atoms with van der Waals surface area (Å²) in [6.45, 7) is 8.62. The summed E-state index contributed by atoms with van der Waals surface area (Å²) in [5.41, 5.74) is 1.37. The smallest absolute Gasteiger partial charge is 0.193 e. The van der Waals surface area contributed by atoms with Crippen molar-refractivity contribution in [1.82, 2.24) is 10.2 Å². The average Bonchev–Trinajstić information content (AvgIpc) is 2.70. The molecule has 0 atom stereocenters. The molecule has 0 aromatic heterocycles. The van der Waals surface area contributed by atoms with E-state index in [4.69, 9.17) is 14.5 Å². The molecule has 1 aliphatic heterocycles. The van der Waals surface area contributed by atoms with Gasteiger partial charge in [-0.15, -0.1) is 0 Å². The van der Waals surface area contributed by atoms with Crippen molar-refractivity contribution in [3.63, 3.8) is 0 Å². The molecular weight excluding hydrogens is 326 g/mol. The summed E-state index contributed by atoms with van der Waals surface area (Å²) in [4.78, 5) is 7.27. The van der Waals surface area contributed by atoms with E-state index in [1.165, 1.54) is 18.4 Å². The summed E-state index contributed by atoms with van der Waals surface area (Å²) in [5, 5.41) is 3.44. The minimum atomic E-state index is 0.0385. The van der Waals surface area contributed by atoms with Crippen molar-refractivity contribution < 1.29 is 9.47 Å². The molecule has 2 rings (SSSR count). The third kappa shape index (κ3) is 5.37. The Morgan fingerprint density at radius 3 is 2.50 bits per heavy atom. The van der Waals surface area contributed by atoms with Crippen molar-refractivity contribution in [3.05, 3.63) is 29.8 Å². The highest BCUT2D eigenvalue weighted by Crippen LogP contribution is 2.36. The molecule has 0 bridgehead atoms. The van der Waals surface area contributed by atoms with Gasteiger partial charge in [0.2, 0.25) is 0 Å². The molecule has 0 aliphatic carbocycles. The maximum Gasteiger partial charge on any atom is 0.193 e. The summed E-state index contributed by atoms with van der Waals surface area (Å²) in [5.74, 6) is 1.90. The summed E-state index contributed by atoms with van der Waals surface area (Å²) in [6.07, 6.45) is 4.37. The van der Waals surface area contributed by atoms with Crippen LogP contribution < -0.4 is 10.1 Å². The van der Waals surface area contributed by atoms with Crippen LogP contribution in [0.25, 0.3) is 0 Å². The van der Waals surface area contributed by atoms with Crippen LogP contribution in [0.4, 0.5) is 0 Å². The molecule has 1 aromatic rings. The second kappa shape index (κ2) is 10.4. The van der Waals surface area contributed by atoms with Crippen LogP contribution in [0.2, 0.25) is 0 Å². The normalized spacial score (nSPS) is 17.0. The predicted molar refractivity (Wildman–Crippen MR) is 108 cm³/mol. The molecule has 1 aliphatic rings. The fraction of sp³-hybridized carbons (Fsp3) is 0.667. The molecular formula is C21H35N3O2. The van der Waals surface area contributed by atoms with Crippen molar-refractivity contribution in [2.45, 2.75) is 44.9 Å². The number of hydrogen-bond donors (Lipinski definition) is 1. The summed E-state index contributed by atoms with van der Waals surface area (Å²) in [7, 11) is 3.83. The van der Waals surface area contributed by atoms with Crippen molar-refractivity contribution in [2.75, 3.05) is 47.0 Å². The van der Waals surface area contributed by atoms with Crippen LogP contribution in [0.15, 0.2) is 29.3 Å². The zero-order chi connectivity index (χ0) is 18.8. The maximum atomic E-state index is 5.65. The summed E-state index contributed by atoms with van der Waals surface area (Å²) in [6, 6.07) is 8.48. The highest BCUT2D eigenvalue weighted by molar-refractivity contribution is 5.79. The molecule has 1 fully saturated rings. The lowest BCUT2D eigenvalue weighted by molar-refractivity contribution is 0.0530. The van der Waals surface area contributed by atoms with Crippen molar-refractivity contribution in [1.29, 1.82) is 0 Å². The molecule has 1 N–H and O–H groups in total. The van der Waals surface area contributed by atoms with E-state index in [9.17, 15) is 0 Å². The molecule has 1 heterocycles. The van der Waals surface area contributed by atoms with Crippen LogP contribution in [-0.4, -0.2) is 57.9 Å². The number of nitrogens with one attached hydrogen (secondary N) is 1. The van der Waals surface area contributed by atoms with E-state index in [2.05, 4.69) is 55.4 Å². The van der Waals surface area contributed by atoms with Gasteiger partial charge in [0.25, 0.3) is 0 Å². The molecule has 0 unspecified atom stereocenters. The minimum absolute atomic E-state index is 0.0385. The van der Waals surface area contributed by atoms with E-state index < -0.39 is 0 Å². The Hall–Kier alpha value is -1.75. The number of guanidine groups is 1. The van der Waals surface area contributed by atoms with Gasteiger partial charge in [0.05, 0.1) is 13.7 Å². The average molecular weight is 362 g/mol. The quantitative estimate of drug-likeness (QED) is 0.569. The van der Waals surface area contributed by atoms with Gasteiger partial charge in [0.1, 0.15) is 5.75 Å². The van der Waals surface area contributed by atoms with E-state index >= 15 is 0 Å². The monoisotopic (exact) mass is 361 g/mol. The van der Waals surface area contributed by atoms with Gasteiger partial charge >= 0.3 is 0 Å². The number of ether oxygens (including phenoxy) is 2. The molecule has 0 spiro atoms. The number of methoxy groups -OCH3 is 1. The Kier molecular flexibility index (Phi) is 8.23. The molecule has 1 saturated heterocycles. The van der Waals surface area contributed by atoms with Gasteiger partial charge in [0, 0.05) is 38.8 Å². The fourth-order valence-corrected chi connectivity index (χ4v) is 3.44. The number of hydrogen-bond acceptors (Lipinski definition) is 3. The Morgan fingerprint density at radius 2 is 1.92 bits per heavy atom. The lowest BCUT2D eigenvalue weighted by atomic mass is 9.74. The first-order chi connectivity index (χ1) is 12.6. The standard InChI is InChI=1S/C21H35N3O2/c1-5-7-14-24(3)20(22-6-2)23-17-21(12-15-26-16-13-21)18-8-10-19(25-4)11-9-18/h8-11H,5-7,12-17H2,1-4H3,(H,22,23). The first kappa shape index (κ1) is 20.6. The van der Waals surface area contributed by atoms with Crippen LogP contribution in [-0.2, 0) is 10.2 Å². The number of rotatable bonds is 8. The summed E-state index contributed by atoms with van der Waals surface area (Å²) < 4.78 is 11.0. The number of aliphatic imine (C=N–C) groups is 1. The minimum Gasteiger partial charge on any atom is -0.497 e. The maximum absolute atomic E-state index is 5.65. The Morgan fingerprint density at radius 1 is 1.23 bits per heavy atom. The van der Waals surface area contributed by atoms with Crippen molar-refractivity contribution in [2.24, 2.45) is 4.99 Å². The van der Waals surface area contributed by atoms with Crippen LogP contribution in [0.1, 0.15) is 45.1 Å². The third-order valence-electron chi connectivity index (χ3n) is 5.23. The molecule has 5 nitrogen and oxygen atoms in total. The molecule has 5 heteroatoms. The van der Waals surface area contributed by atoms with Gasteiger partial charge in [0.15, 0.2) is 5.96 Å². The van der Waals surface area contributed by atoms with Crippen LogP contribution in [0, 0.1) is 0 Å². The zero-order valence-corrected chi connectivity index (χ0v) is 16.9. The zero-order valence-electron chi connectivity index (χ0n) is 16.9. The molecule has 1 aromatic carbocycles. The molecule has 146 valence electrons. The molecule has 26 heavy (non-hydrogen) atoms. The second-order valence-corrected chi connectivity index (χ2v) is 7.07. The van der Waals surface area contributed by atoms with E-state index in [-0.39, 0.29) is 5.41 Å². The van der Waals surface area contributed by atoms with Crippen LogP contribution in [0.3, 0.4) is 0 Å². The van der Waals surface area contributed by atoms with Crippen molar-refractivity contribution in [3.8, 4) is 5.75 Å². The number of nitrogens with zero attached hydrogens (tertiary/aromatic N) is 2. The largest absolute Gasteiger partial charge is 0.497 e. The van der Waals surface area contributed by atoms with E-state index in [1.807, 2.05) is 0 Å². The Labute approximate surface area is 158 Å². The fourth-order valence-electron chi connectivity index (χ4n) is 3.44. The van der Waals surface area contributed by atoms with Crippen LogP contribution >= 0.6 is 0 Å². The SMILES string of the molecule is CCCCN(C)C(=NCC1(c2ccc(OC)cc2)CCOCC1)NCC. The van der Waals surface area contributed by atoms with Gasteiger partial charge in [-0.1, -0.05) is 25.5 Å². The topological polar surface area (TPSA) is 46.1 Å². The summed E-state index contributed by atoms with van der Waals surface area (Å²) >= 11 is 0. The first-order valence-electron chi connectivity index (χ1n) is 9.87. The number of benzene rings is 1. The van der Waals surface area contributed by atoms with E-state index in [0.29, 0.717) is 0 Å². The molecule has 0 amide bonds. The Balaban J connectivity index is 2.21. The van der Waals surface area contributed by atoms with Crippen molar-refractivity contribution >= 4 is 5.96 Å². The van der Waals surface area contributed by atoms with Gasteiger partial charge in [-0.25, -0.2) is 0 Å². The molecule has 0 radical (unpaired) electrons. The van der Waals surface area contributed by atoms with Crippen LogP contribution in [0.5, 0.6) is 5.75 Å². The van der Waals surface area contributed by atoms with E-state index in [1.54, 1.807) is 7.11 Å². The first-order valence-corrected chi connectivity index (χ1v) is 9.87. The molecule has 0 saturated carbocycles. The second-order valence-electron chi connectivity index (χ2n) is 7.07. The van der Waals surface area contributed by atoms with Gasteiger partial charge in [-0.3, -0.25) is 4.99 Å². The lowest BCUT2D eigenvalue weighted by Crippen LogP contribution is -2.42. The highest BCUT2D eigenvalue weighted by atomic mass is 16.5. The van der Waals surface area contributed by atoms with E-state index in [0.717, 1.165) is 57.4 Å². The third-order valence-corrected chi connectivity index (χ3v) is 5.23.